The molecule has 0 aliphatic carbocycles. The molecule has 0 atom stereocenters. The van der Waals surface area contributed by atoms with Crippen LogP contribution in [0.5, 0.6) is 0 Å². The van der Waals surface area contributed by atoms with Crippen molar-refractivity contribution in [2.45, 2.75) is 52.8 Å². The Hall–Kier alpha value is -1.59. The highest BCUT2D eigenvalue weighted by molar-refractivity contribution is 6.87. The van der Waals surface area contributed by atoms with Gasteiger partial charge in [0.15, 0.2) is 5.78 Å². The fourth-order valence-corrected chi connectivity index (χ4v) is 4.92. The quantitative estimate of drug-likeness (QED) is 0.393. The molecule has 0 N–H and O–H groups in total. The predicted molar refractivity (Wildman–Crippen MR) is 99.2 cm³/mol. The average molecular weight is 313 g/mol. The molecule has 0 amide bonds. The van der Waals surface area contributed by atoms with Gasteiger partial charge >= 0.3 is 0 Å². The molecule has 1 aromatic rings. The molecule has 0 heterocycles. The highest BCUT2D eigenvalue weighted by atomic mass is 28.3. The summed E-state index contributed by atoms with van der Waals surface area (Å²) in [7, 11) is -1.50. The van der Waals surface area contributed by atoms with Crippen LogP contribution in [0.1, 0.15) is 40.2 Å². The summed E-state index contributed by atoms with van der Waals surface area (Å²) in [4.78, 5) is 12.4. The lowest BCUT2D eigenvalue weighted by Gasteiger charge is -2.22. The molecule has 0 aliphatic heterocycles. The molecule has 0 aliphatic rings. The van der Waals surface area contributed by atoms with E-state index in [1.807, 2.05) is 50.3 Å². The van der Waals surface area contributed by atoms with Crippen molar-refractivity contribution in [1.82, 2.24) is 0 Å². The van der Waals surface area contributed by atoms with Gasteiger partial charge in [0, 0.05) is 0 Å². The smallest absolute Gasteiger partial charge is 0.173 e. The summed E-state index contributed by atoms with van der Waals surface area (Å²) < 4.78 is 0. The van der Waals surface area contributed by atoms with Gasteiger partial charge in [-0.15, -0.1) is 5.54 Å². The molecule has 0 saturated carbocycles. The normalized spacial score (nSPS) is 12.0. The Balaban J connectivity index is 2.90. The number of ketones is 1. The van der Waals surface area contributed by atoms with E-state index in [1.165, 1.54) is 0 Å². The minimum absolute atomic E-state index is 0.0788. The number of benzene rings is 1. The highest BCUT2D eigenvalue weighted by Gasteiger charge is 2.27. The standard InChI is InChI=1S/C20H28OSi/c1-6-22(7-2,8-3)17-16-20(4,5)19(21)15-14-18-12-10-9-11-13-18/h9-15H,6-8H2,1-5H3/b15-14+. The molecule has 1 aromatic carbocycles. The van der Waals surface area contributed by atoms with Crippen molar-refractivity contribution in [3.8, 4) is 11.5 Å². The molecule has 0 spiro atoms. The first kappa shape index (κ1) is 18.5. The van der Waals surface area contributed by atoms with Crippen molar-refractivity contribution < 1.29 is 4.79 Å². The molecule has 22 heavy (non-hydrogen) atoms. The van der Waals surface area contributed by atoms with Crippen LogP contribution in [0.25, 0.3) is 6.08 Å². The van der Waals surface area contributed by atoms with Crippen LogP contribution in [0, 0.1) is 16.9 Å². The molecular weight excluding hydrogens is 284 g/mol. The molecule has 1 rings (SSSR count). The zero-order valence-electron chi connectivity index (χ0n) is 14.6. The van der Waals surface area contributed by atoms with E-state index in [9.17, 15) is 4.79 Å². The van der Waals surface area contributed by atoms with E-state index >= 15 is 0 Å². The SMILES string of the molecule is CC[Si](C#CC(C)(C)C(=O)/C=C/c1ccccc1)(CC)CC. The highest BCUT2D eigenvalue weighted by Crippen LogP contribution is 2.22. The van der Waals surface area contributed by atoms with Gasteiger partial charge in [0.1, 0.15) is 8.07 Å². The van der Waals surface area contributed by atoms with E-state index in [2.05, 4.69) is 32.2 Å². The Labute approximate surface area is 136 Å². The minimum atomic E-state index is -1.50. The molecular formula is C20H28OSi. The second-order valence-corrected chi connectivity index (χ2v) is 11.3. The summed E-state index contributed by atoms with van der Waals surface area (Å²) in [6, 6.07) is 13.4. The van der Waals surface area contributed by atoms with E-state index in [1.54, 1.807) is 6.08 Å². The number of carbonyl (C=O) groups is 1. The number of carbonyl (C=O) groups excluding carboxylic acids is 1. The third-order valence-corrected chi connectivity index (χ3v) is 9.23. The van der Waals surface area contributed by atoms with Crippen molar-refractivity contribution in [2.75, 3.05) is 0 Å². The maximum absolute atomic E-state index is 12.4. The minimum Gasteiger partial charge on any atom is -0.293 e. The van der Waals surface area contributed by atoms with Crippen LogP contribution in [-0.4, -0.2) is 13.9 Å². The largest absolute Gasteiger partial charge is 0.293 e. The fourth-order valence-electron chi connectivity index (χ4n) is 2.31. The molecule has 0 saturated heterocycles. The van der Waals surface area contributed by atoms with Crippen molar-refractivity contribution >= 4 is 19.9 Å². The average Bonchev–Trinajstić information content (AvgIpc) is 2.55. The summed E-state index contributed by atoms with van der Waals surface area (Å²) >= 11 is 0. The first-order valence-corrected chi connectivity index (χ1v) is 10.8. The third-order valence-electron chi connectivity index (χ3n) is 4.51. The van der Waals surface area contributed by atoms with Gasteiger partial charge in [-0.25, -0.2) is 0 Å². The first-order valence-electron chi connectivity index (χ1n) is 8.21. The Morgan fingerprint density at radius 1 is 1.09 bits per heavy atom. The van der Waals surface area contributed by atoms with E-state index in [4.69, 9.17) is 0 Å². The van der Waals surface area contributed by atoms with Crippen molar-refractivity contribution in [3.63, 3.8) is 0 Å². The van der Waals surface area contributed by atoms with Crippen LogP contribution in [0.4, 0.5) is 0 Å². The Morgan fingerprint density at radius 3 is 2.14 bits per heavy atom. The molecule has 2 heteroatoms. The van der Waals surface area contributed by atoms with Crippen molar-refractivity contribution in [3.05, 3.63) is 42.0 Å². The summed E-state index contributed by atoms with van der Waals surface area (Å²) in [5.41, 5.74) is 3.97. The maximum Gasteiger partial charge on any atom is 0.173 e. The molecule has 0 aromatic heterocycles. The number of rotatable bonds is 6. The maximum atomic E-state index is 12.4. The van der Waals surface area contributed by atoms with Crippen LogP contribution in [-0.2, 0) is 4.79 Å². The van der Waals surface area contributed by atoms with Gasteiger partial charge in [-0.1, -0.05) is 63.1 Å². The summed E-state index contributed by atoms with van der Waals surface area (Å²) in [6.07, 6.45) is 3.53. The summed E-state index contributed by atoms with van der Waals surface area (Å²) in [5.74, 6) is 3.38. The lowest BCUT2D eigenvalue weighted by molar-refractivity contribution is -0.119. The van der Waals surface area contributed by atoms with E-state index in [-0.39, 0.29) is 5.78 Å². The van der Waals surface area contributed by atoms with Gasteiger partial charge in [-0.05, 0) is 43.6 Å². The number of allylic oxidation sites excluding steroid dienone is 1. The Morgan fingerprint density at radius 2 is 1.64 bits per heavy atom. The molecule has 1 nitrogen and oxygen atoms in total. The predicted octanol–water partition coefficient (Wildman–Crippen LogP) is 5.35. The van der Waals surface area contributed by atoms with Crippen LogP contribution < -0.4 is 0 Å². The lowest BCUT2D eigenvalue weighted by Crippen LogP contribution is -2.31. The molecule has 118 valence electrons. The third kappa shape index (κ3) is 5.00. The van der Waals surface area contributed by atoms with Gasteiger partial charge in [0.2, 0.25) is 0 Å². The fraction of sp³-hybridized carbons (Fsp3) is 0.450. The Bertz CT molecular complexity index is 560. The van der Waals surface area contributed by atoms with Gasteiger partial charge < -0.3 is 0 Å². The van der Waals surface area contributed by atoms with Crippen LogP contribution in [0.2, 0.25) is 18.1 Å². The van der Waals surface area contributed by atoms with E-state index < -0.39 is 13.5 Å². The molecule has 0 unspecified atom stereocenters. The van der Waals surface area contributed by atoms with Gasteiger partial charge in [0.05, 0.1) is 5.41 Å². The monoisotopic (exact) mass is 312 g/mol. The van der Waals surface area contributed by atoms with E-state index in [0.717, 1.165) is 23.7 Å². The Kier molecular flexibility index (Phi) is 6.84. The summed E-state index contributed by atoms with van der Waals surface area (Å²) in [6.45, 7) is 10.6. The van der Waals surface area contributed by atoms with Crippen LogP contribution >= 0.6 is 0 Å². The van der Waals surface area contributed by atoms with Gasteiger partial charge in [0.25, 0.3) is 0 Å². The zero-order chi connectivity index (χ0) is 16.6. The van der Waals surface area contributed by atoms with E-state index in [0.29, 0.717) is 0 Å². The second-order valence-electron chi connectivity index (χ2n) is 6.32. The summed E-state index contributed by atoms with van der Waals surface area (Å²) in [5, 5.41) is 0. The zero-order valence-corrected chi connectivity index (χ0v) is 15.6. The van der Waals surface area contributed by atoms with Crippen molar-refractivity contribution in [1.29, 1.82) is 0 Å². The van der Waals surface area contributed by atoms with Crippen LogP contribution in [0.3, 0.4) is 0 Å². The topological polar surface area (TPSA) is 17.1 Å². The second kappa shape index (κ2) is 8.15. The van der Waals surface area contributed by atoms with Gasteiger partial charge in [-0.2, -0.15) is 0 Å². The lowest BCUT2D eigenvalue weighted by atomic mass is 9.89. The van der Waals surface area contributed by atoms with Crippen LogP contribution in [0.15, 0.2) is 36.4 Å². The molecule has 0 fully saturated rings. The molecule has 0 radical (unpaired) electrons. The number of hydrogen-bond acceptors (Lipinski definition) is 1. The van der Waals surface area contributed by atoms with Crippen molar-refractivity contribution in [2.24, 2.45) is 5.41 Å². The molecule has 0 bridgehead atoms. The number of hydrogen-bond donors (Lipinski definition) is 0. The van der Waals surface area contributed by atoms with Gasteiger partial charge in [-0.3, -0.25) is 4.79 Å². The first-order chi connectivity index (χ1) is 10.4.